The van der Waals surface area contributed by atoms with Crippen LogP contribution in [-0.4, -0.2) is 40.9 Å². The van der Waals surface area contributed by atoms with Gasteiger partial charge >= 0.3 is 6.18 Å². The van der Waals surface area contributed by atoms with E-state index in [9.17, 15) is 13.2 Å². The van der Waals surface area contributed by atoms with Crippen LogP contribution in [0.2, 0.25) is 0 Å². The van der Waals surface area contributed by atoms with E-state index in [0.717, 1.165) is 36.1 Å². The van der Waals surface area contributed by atoms with E-state index < -0.39 is 11.9 Å². The van der Waals surface area contributed by atoms with Crippen LogP contribution < -0.4 is 10.6 Å². The zero-order valence-electron chi connectivity index (χ0n) is 14.1. The molecule has 0 unspecified atom stereocenters. The van der Waals surface area contributed by atoms with Crippen LogP contribution >= 0.6 is 11.3 Å². The van der Waals surface area contributed by atoms with E-state index in [-0.39, 0.29) is 0 Å². The predicted molar refractivity (Wildman–Crippen MR) is 91.7 cm³/mol. The lowest BCUT2D eigenvalue weighted by molar-refractivity contribution is -0.140. The maximum absolute atomic E-state index is 12.5. The number of hydrogen-bond acceptors (Lipinski definition) is 4. The zero-order chi connectivity index (χ0) is 18.3. The van der Waals surface area contributed by atoms with Gasteiger partial charge in [-0.15, -0.1) is 11.3 Å². The van der Waals surface area contributed by atoms with E-state index in [1.54, 1.807) is 11.7 Å². The van der Waals surface area contributed by atoms with Crippen molar-refractivity contribution in [1.29, 1.82) is 0 Å². The lowest BCUT2D eigenvalue weighted by Crippen LogP contribution is -2.38. The lowest BCUT2D eigenvalue weighted by Gasteiger charge is -2.11. The van der Waals surface area contributed by atoms with Crippen molar-refractivity contribution in [3.63, 3.8) is 0 Å². The minimum absolute atomic E-state index is 0.414. The molecule has 0 radical (unpaired) electrons. The maximum atomic E-state index is 12.5. The molecule has 2 heterocycles. The van der Waals surface area contributed by atoms with Crippen molar-refractivity contribution in [2.45, 2.75) is 25.4 Å². The summed E-state index contributed by atoms with van der Waals surface area (Å²) in [6, 6.07) is 0. The minimum atomic E-state index is -4.38. The topological polar surface area (TPSA) is 67.1 Å². The largest absolute Gasteiger partial charge is 0.434 e. The summed E-state index contributed by atoms with van der Waals surface area (Å²) in [5, 5.41) is 11.9. The second-order valence-electron chi connectivity index (χ2n) is 5.43. The predicted octanol–water partition coefficient (Wildman–Crippen LogP) is 2.24. The van der Waals surface area contributed by atoms with Crippen LogP contribution in [-0.2, 0) is 26.1 Å². The van der Waals surface area contributed by atoms with Crippen molar-refractivity contribution in [3.8, 4) is 0 Å². The van der Waals surface area contributed by atoms with E-state index in [4.69, 9.17) is 0 Å². The van der Waals surface area contributed by atoms with Crippen molar-refractivity contribution < 1.29 is 13.2 Å². The van der Waals surface area contributed by atoms with Gasteiger partial charge in [-0.25, -0.2) is 4.98 Å². The summed E-state index contributed by atoms with van der Waals surface area (Å²) >= 11 is 1.02. The highest BCUT2D eigenvalue weighted by molar-refractivity contribution is 7.09. The van der Waals surface area contributed by atoms with E-state index in [1.165, 1.54) is 5.56 Å². The molecule has 0 aliphatic heterocycles. The fourth-order valence-electron chi connectivity index (χ4n) is 2.16. The fraction of sp³-hybridized carbons (Fsp3) is 0.533. The van der Waals surface area contributed by atoms with Crippen LogP contribution in [0.1, 0.15) is 22.7 Å². The molecule has 25 heavy (non-hydrogen) atoms. The highest BCUT2D eigenvalue weighted by Gasteiger charge is 2.33. The first-order chi connectivity index (χ1) is 11.9. The lowest BCUT2D eigenvalue weighted by atomic mass is 10.2. The van der Waals surface area contributed by atoms with E-state index in [2.05, 4.69) is 25.7 Å². The Morgan fingerprint density at radius 3 is 2.64 bits per heavy atom. The second kappa shape index (κ2) is 8.84. The number of aryl methyl sites for hydroxylation is 2. The summed E-state index contributed by atoms with van der Waals surface area (Å²) in [6.07, 6.45) is 1.70. The Hall–Kier alpha value is -2.10. The fourth-order valence-corrected chi connectivity index (χ4v) is 2.97. The molecule has 0 bridgehead atoms. The number of hydrogen-bond donors (Lipinski definition) is 2. The molecular weight excluding hydrogens is 353 g/mol. The SMILES string of the molecule is CN=C(NCCCc1cnn(C)c1)NCCc1nc(C(F)(F)F)cs1. The molecule has 2 aromatic heterocycles. The van der Waals surface area contributed by atoms with Gasteiger partial charge in [-0.05, 0) is 18.4 Å². The molecule has 0 fully saturated rings. The van der Waals surface area contributed by atoms with Crippen LogP contribution in [0.4, 0.5) is 13.2 Å². The van der Waals surface area contributed by atoms with Gasteiger partial charge in [-0.3, -0.25) is 9.67 Å². The third-order valence-electron chi connectivity index (χ3n) is 3.39. The van der Waals surface area contributed by atoms with Crippen LogP contribution in [0, 0.1) is 0 Å². The Balaban J connectivity index is 1.65. The molecular formula is C15H21F3N6S. The summed E-state index contributed by atoms with van der Waals surface area (Å²) in [7, 11) is 3.54. The number of nitrogens with one attached hydrogen (secondary N) is 2. The number of thiazole rings is 1. The Kier molecular flexibility index (Phi) is 6.80. The molecule has 0 aromatic carbocycles. The van der Waals surface area contributed by atoms with Gasteiger partial charge in [-0.1, -0.05) is 0 Å². The molecule has 0 saturated heterocycles. The molecule has 2 rings (SSSR count). The van der Waals surface area contributed by atoms with Crippen molar-refractivity contribution in [2.24, 2.45) is 12.0 Å². The molecule has 0 saturated carbocycles. The molecule has 2 N–H and O–H groups in total. The van der Waals surface area contributed by atoms with Gasteiger partial charge in [0, 0.05) is 45.2 Å². The Labute approximate surface area is 148 Å². The number of rotatable bonds is 7. The molecule has 6 nitrogen and oxygen atoms in total. The van der Waals surface area contributed by atoms with Gasteiger partial charge < -0.3 is 10.6 Å². The average Bonchev–Trinajstić information content (AvgIpc) is 3.18. The van der Waals surface area contributed by atoms with Crippen LogP contribution in [0.5, 0.6) is 0 Å². The number of aromatic nitrogens is 3. The third kappa shape index (κ3) is 6.37. The monoisotopic (exact) mass is 374 g/mol. The molecule has 0 aliphatic rings. The standard InChI is InChI=1S/C15H21F3N6S/c1-19-14(20-6-3-4-11-8-22-24(2)9-11)21-7-5-13-23-12(10-25-13)15(16,17)18/h8-10H,3-7H2,1-2H3,(H2,19,20,21). The Morgan fingerprint density at radius 1 is 1.28 bits per heavy atom. The van der Waals surface area contributed by atoms with Gasteiger partial charge in [0.1, 0.15) is 0 Å². The highest BCUT2D eigenvalue weighted by Crippen LogP contribution is 2.29. The summed E-state index contributed by atoms with van der Waals surface area (Å²) in [6.45, 7) is 1.21. The minimum Gasteiger partial charge on any atom is -0.356 e. The van der Waals surface area contributed by atoms with Crippen LogP contribution in [0.25, 0.3) is 0 Å². The molecule has 0 atom stereocenters. The highest BCUT2D eigenvalue weighted by atomic mass is 32.1. The quantitative estimate of drug-likeness (QED) is 0.443. The number of nitrogens with zero attached hydrogens (tertiary/aromatic N) is 4. The summed E-state index contributed by atoms with van der Waals surface area (Å²) in [5.41, 5.74) is 0.349. The summed E-state index contributed by atoms with van der Waals surface area (Å²) in [5.74, 6) is 0.624. The normalized spacial score (nSPS) is 12.4. The maximum Gasteiger partial charge on any atom is 0.434 e. The van der Waals surface area contributed by atoms with Gasteiger partial charge in [0.15, 0.2) is 11.7 Å². The second-order valence-corrected chi connectivity index (χ2v) is 6.37. The molecule has 2 aromatic rings. The van der Waals surface area contributed by atoms with E-state index in [1.807, 2.05) is 19.4 Å². The van der Waals surface area contributed by atoms with Crippen LogP contribution in [0.15, 0.2) is 22.8 Å². The molecule has 138 valence electrons. The number of alkyl halides is 3. The van der Waals surface area contributed by atoms with Gasteiger partial charge in [0.05, 0.1) is 11.2 Å². The van der Waals surface area contributed by atoms with E-state index >= 15 is 0 Å². The molecule has 0 amide bonds. The molecule has 0 aliphatic carbocycles. The van der Waals surface area contributed by atoms with Crippen molar-refractivity contribution in [2.75, 3.05) is 20.1 Å². The van der Waals surface area contributed by atoms with Crippen LogP contribution in [0.3, 0.4) is 0 Å². The van der Waals surface area contributed by atoms with Gasteiger partial charge in [0.25, 0.3) is 0 Å². The first kappa shape index (κ1) is 19.2. The number of aliphatic imine (C=N–C) groups is 1. The average molecular weight is 374 g/mol. The summed E-state index contributed by atoms with van der Waals surface area (Å²) < 4.78 is 39.3. The third-order valence-corrected chi connectivity index (χ3v) is 4.30. The first-order valence-electron chi connectivity index (χ1n) is 7.82. The smallest absolute Gasteiger partial charge is 0.356 e. The number of halogens is 3. The molecule has 0 spiro atoms. The van der Waals surface area contributed by atoms with Crippen molar-refractivity contribution in [3.05, 3.63) is 34.0 Å². The molecule has 10 heteroatoms. The van der Waals surface area contributed by atoms with Gasteiger partial charge in [0.2, 0.25) is 0 Å². The van der Waals surface area contributed by atoms with Gasteiger partial charge in [-0.2, -0.15) is 18.3 Å². The van der Waals surface area contributed by atoms with Crippen molar-refractivity contribution in [1.82, 2.24) is 25.4 Å². The zero-order valence-corrected chi connectivity index (χ0v) is 14.9. The number of guanidine groups is 1. The Morgan fingerprint density at radius 2 is 2.04 bits per heavy atom. The first-order valence-corrected chi connectivity index (χ1v) is 8.70. The van der Waals surface area contributed by atoms with E-state index in [0.29, 0.717) is 23.9 Å². The Bertz CT molecular complexity index is 691. The summed E-state index contributed by atoms with van der Waals surface area (Å²) in [4.78, 5) is 7.69. The van der Waals surface area contributed by atoms with Crippen molar-refractivity contribution >= 4 is 17.3 Å².